The maximum atomic E-state index is 14.6. The number of rotatable bonds is 6. The molecule has 1 aliphatic carbocycles. The Bertz CT molecular complexity index is 1260. The molecule has 1 N–H and O–H groups in total. The fourth-order valence-corrected chi connectivity index (χ4v) is 16.3. The van der Waals surface area contributed by atoms with Crippen LogP contribution < -0.4 is 0 Å². The van der Waals surface area contributed by atoms with E-state index in [0.29, 0.717) is 53.6 Å². The Labute approximate surface area is 305 Å². The van der Waals surface area contributed by atoms with Crippen LogP contribution in [-0.4, -0.2) is 67.9 Å². The molecule has 3 saturated heterocycles. The van der Waals surface area contributed by atoms with Gasteiger partial charge in [0.2, 0.25) is 8.32 Å². The van der Waals surface area contributed by atoms with Crippen molar-refractivity contribution in [2.24, 2.45) is 29.6 Å². The topological polar surface area (TPSA) is 83.5 Å². The average molecular weight is 715 g/mol. The summed E-state index contributed by atoms with van der Waals surface area (Å²) < 4.78 is 34.3. The average Bonchev–Trinajstić information content (AvgIpc) is 3.36. The number of ether oxygens (including phenoxy) is 4. The highest BCUT2D eigenvalue weighted by Crippen LogP contribution is 2.53. The van der Waals surface area contributed by atoms with Crippen molar-refractivity contribution in [3.63, 3.8) is 0 Å². The van der Waals surface area contributed by atoms with Crippen LogP contribution >= 0.6 is 0 Å². The van der Waals surface area contributed by atoms with Crippen LogP contribution in [0.4, 0.5) is 0 Å². The second kappa shape index (κ2) is 15.6. The van der Waals surface area contributed by atoms with Crippen LogP contribution in [0.5, 0.6) is 0 Å². The number of hydrogen-bond acceptors (Lipinski definition) is 7. The molecule has 0 aromatic rings. The van der Waals surface area contributed by atoms with Crippen LogP contribution in [-0.2, 0) is 28.2 Å². The lowest BCUT2D eigenvalue weighted by Gasteiger charge is -2.53. The molecule has 8 heteroatoms. The Hall–Kier alpha value is -1.29. The first-order chi connectivity index (χ1) is 23.4. The van der Waals surface area contributed by atoms with Gasteiger partial charge in [0.05, 0.1) is 30.8 Å². The first kappa shape index (κ1) is 39.9. The minimum atomic E-state index is -2.33. The van der Waals surface area contributed by atoms with E-state index in [-0.39, 0.29) is 42.9 Å². The Balaban J connectivity index is 1.53. The van der Waals surface area contributed by atoms with Crippen molar-refractivity contribution >= 4 is 14.3 Å². The molecule has 0 radical (unpaired) electrons. The summed E-state index contributed by atoms with van der Waals surface area (Å²) in [5.41, 5.74) is 1.68. The highest BCUT2D eigenvalue weighted by Gasteiger charge is 2.64. The van der Waals surface area contributed by atoms with Gasteiger partial charge in [-0.05, 0) is 78.5 Å². The van der Waals surface area contributed by atoms with Gasteiger partial charge in [-0.15, -0.1) is 0 Å². The SMILES string of the molecule is C/C1=C\C[C@@H]2C[C@@H](C[C@]3(CC[C@H](C)[C@@H](C(C)C)O3)O2)OC(=O)[C@@H]2C[C@H](C)[C@H](O[Si](C(C)C)(C(C)C)C(C)C)[C@H]3OC/C(=C\C=C\[C@H](C)C1)[C@]32O. The Morgan fingerprint density at radius 2 is 1.62 bits per heavy atom. The number of allylic oxidation sites excluding steroid dienone is 4. The van der Waals surface area contributed by atoms with E-state index < -0.39 is 31.7 Å². The van der Waals surface area contributed by atoms with Crippen molar-refractivity contribution in [2.45, 2.75) is 187 Å². The van der Waals surface area contributed by atoms with Crippen LogP contribution in [0.1, 0.15) is 128 Å². The molecule has 2 bridgehead atoms. The molecule has 5 rings (SSSR count). The van der Waals surface area contributed by atoms with Crippen molar-refractivity contribution in [1.29, 1.82) is 0 Å². The van der Waals surface area contributed by atoms with E-state index in [9.17, 15) is 9.90 Å². The monoisotopic (exact) mass is 714 g/mol. The molecular weight excluding hydrogens is 645 g/mol. The third-order valence-electron chi connectivity index (χ3n) is 13.1. The molecule has 0 amide bonds. The summed E-state index contributed by atoms with van der Waals surface area (Å²) in [6, 6.07) is 0. The third-order valence-corrected chi connectivity index (χ3v) is 19.2. The van der Waals surface area contributed by atoms with Gasteiger partial charge in [-0.2, -0.15) is 0 Å². The summed E-state index contributed by atoms with van der Waals surface area (Å²) in [6.07, 6.45) is 12.2. The van der Waals surface area contributed by atoms with Gasteiger partial charge in [0.1, 0.15) is 17.8 Å². The molecular formula is C42H70O7Si. The van der Waals surface area contributed by atoms with E-state index in [1.165, 1.54) is 5.57 Å². The van der Waals surface area contributed by atoms with E-state index in [1.54, 1.807) is 0 Å². The summed E-state index contributed by atoms with van der Waals surface area (Å²) in [5.74, 6) is -0.790. The first-order valence-electron chi connectivity index (χ1n) is 20.0. The van der Waals surface area contributed by atoms with E-state index >= 15 is 0 Å². The summed E-state index contributed by atoms with van der Waals surface area (Å²) >= 11 is 0. The van der Waals surface area contributed by atoms with E-state index in [2.05, 4.69) is 95.2 Å². The molecule has 50 heavy (non-hydrogen) atoms. The molecule has 0 unspecified atom stereocenters. The molecule has 5 aliphatic rings. The molecule has 1 spiro atoms. The van der Waals surface area contributed by atoms with Crippen molar-refractivity contribution in [2.75, 3.05) is 6.61 Å². The molecule has 7 nitrogen and oxygen atoms in total. The van der Waals surface area contributed by atoms with Gasteiger partial charge in [0, 0.05) is 19.3 Å². The standard InChI is InChI=1S/C42H70O7Si/c1-25(2)37-31(11)18-19-41(48-37)23-35-22-34(47-41)17-16-30(10)20-29(9)14-13-15-33-24-45-39-38(49-50(26(3)4,27(5)6)28(7)8)32(12)21-36(40(43)46-35)42(33,39)44/h13-16,25-29,31-32,34-39,44H,17-24H2,1-12H3/b14-13+,30-16+,33-15+/t29-,31-,32-,34+,35-,36-,37+,38-,39+,41+,42+/m0/s1. The van der Waals surface area contributed by atoms with Gasteiger partial charge in [0.15, 0.2) is 5.79 Å². The molecule has 0 aromatic carbocycles. The molecule has 284 valence electrons. The zero-order chi connectivity index (χ0) is 36.8. The Morgan fingerprint density at radius 1 is 0.940 bits per heavy atom. The highest BCUT2D eigenvalue weighted by atomic mass is 28.4. The maximum absolute atomic E-state index is 14.6. The van der Waals surface area contributed by atoms with Gasteiger partial charge in [-0.3, -0.25) is 4.79 Å². The lowest BCUT2D eigenvalue weighted by molar-refractivity contribution is -0.340. The molecule has 0 aromatic heterocycles. The smallest absolute Gasteiger partial charge is 0.312 e. The normalized spacial score (nSPS) is 43.1. The van der Waals surface area contributed by atoms with Crippen LogP contribution in [0.25, 0.3) is 0 Å². The zero-order valence-electron chi connectivity index (χ0n) is 33.4. The zero-order valence-corrected chi connectivity index (χ0v) is 34.4. The molecule has 4 fully saturated rings. The number of carbonyl (C=O) groups excluding carboxylic acids is 1. The maximum Gasteiger partial charge on any atom is 0.312 e. The summed E-state index contributed by atoms with van der Waals surface area (Å²) in [7, 11) is -2.33. The lowest BCUT2D eigenvalue weighted by atomic mass is 9.66. The summed E-state index contributed by atoms with van der Waals surface area (Å²) in [6.45, 7) is 27.3. The molecule has 4 aliphatic heterocycles. The van der Waals surface area contributed by atoms with E-state index in [1.807, 2.05) is 12.2 Å². The summed E-state index contributed by atoms with van der Waals surface area (Å²) in [5, 5.41) is 13.0. The van der Waals surface area contributed by atoms with Gasteiger partial charge in [0.25, 0.3) is 0 Å². The lowest BCUT2D eigenvalue weighted by Crippen LogP contribution is -2.64. The van der Waals surface area contributed by atoms with Gasteiger partial charge in [-0.1, -0.05) is 106 Å². The fourth-order valence-electron chi connectivity index (χ4n) is 10.7. The van der Waals surface area contributed by atoms with E-state index in [0.717, 1.165) is 31.3 Å². The quantitative estimate of drug-likeness (QED) is 0.167. The third kappa shape index (κ3) is 7.68. The van der Waals surface area contributed by atoms with Crippen molar-refractivity contribution in [3.8, 4) is 0 Å². The van der Waals surface area contributed by atoms with Crippen LogP contribution in [0, 0.1) is 29.6 Å². The predicted molar refractivity (Wildman–Crippen MR) is 202 cm³/mol. The number of fused-ring (bicyclic) bond motifs is 2. The minimum absolute atomic E-state index is 0.00156. The Kier molecular flexibility index (Phi) is 12.4. The summed E-state index contributed by atoms with van der Waals surface area (Å²) in [4.78, 5) is 14.6. The molecule has 4 heterocycles. The Morgan fingerprint density at radius 3 is 2.26 bits per heavy atom. The van der Waals surface area contributed by atoms with Crippen LogP contribution in [0.2, 0.25) is 16.6 Å². The highest BCUT2D eigenvalue weighted by molar-refractivity contribution is 6.77. The molecule has 1 saturated carbocycles. The number of aliphatic hydroxyl groups is 1. The number of carbonyl (C=O) groups is 1. The van der Waals surface area contributed by atoms with Crippen molar-refractivity contribution < 1.29 is 33.3 Å². The largest absolute Gasteiger partial charge is 0.462 e. The van der Waals surface area contributed by atoms with E-state index in [4.69, 9.17) is 23.4 Å². The second-order valence-corrected chi connectivity index (χ2v) is 23.7. The first-order valence-corrected chi connectivity index (χ1v) is 22.2. The van der Waals surface area contributed by atoms with Crippen molar-refractivity contribution in [3.05, 3.63) is 35.5 Å². The van der Waals surface area contributed by atoms with Gasteiger partial charge < -0.3 is 28.5 Å². The number of hydrogen-bond donors (Lipinski definition) is 1. The van der Waals surface area contributed by atoms with Crippen molar-refractivity contribution in [1.82, 2.24) is 0 Å². The van der Waals surface area contributed by atoms with Gasteiger partial charge in [-0.25, -0.2) is 0 Å². The molecule has 11 atom stereocenters. The van der Waals surface area contributed by atoms with Crippen LogP contribution in [0.15, 0.2) is 35.5 Å². The predicted octanol–water partition coefficient (Wildman–Crippen LogP) is 9.45. The second-order valence-electron chi connectivity index (χ2n) is 18.3. The fraction of sp³-hybridized carbons (Fsp3) is 0.833. The minimum Gasteiger partial charge on any atom is -0.462 e. The van der Waals surface area contributed by atoms with Crippen LogP contribution in [0.3, 0.4) is 0 Å². The van der Waals surface area contributed by atoms with Gasteiger partial charge >= 0.3 is 5.97 Å². The number of esters is 1.